The van der Waals surface area contributed by atoms with E-state index < -0.39 is 0 Å². The number of fused-ring (bicyclic) bond motifs is 1. The van der Waals surface area contributed by atoms with Crippen LogP contribution in [0, 0.1) is 5.92 Å². The van der Waals surface area contributed by atoms with Crippen molar-refractivity contribution < 1.29 is 5.11 Å². The summed E-state index contributed by atoms with van der Waals surface area (Å²) in [6, 6.07) is 0.882. The average molecular weight is 296 g/mol. The Labute approximate surface area is 131 Å². The molecule has 2 aliphatic rings. The summed E-state index contributed by atoms with van der Waals surface area (Å²) >= 11 is 0. The van der Waals surface area contributed by atoms with E-state index in [1.54, 1.807) is 0 Å². The lowest BCUT2D eigenvalue weighted by Gasteiger charge is -2.39. The SMILES string of the molecule is CCCNC(CC)(CO)CCCN1CCCC2CCCC21. The van der Waals surface area contributed by atoms with Crippen molar-refractivity contribution in [3.63, 3.8) is 0 Å². The topological polar surface area (TPSA) is 35.5 Å². The Morgan fingerprint density at radius 2 is 2.00 bits per heavy atom. The van der Waals surface area contributed by atoms with Gasteiger partial charge in [0.25, 0.3) is 0 Å². The molecule has 3 nitrogen and oxygen atoms in total. The number of hydrogen-bond acceptors (Lipinski definition) is 3. The number of nitrogens with one attached hydrogen (secondary N) is 1. The zero-order chi connectivity index (χ0) is 15.1. The number of piperidine rings is 1. The van der Waals surface area contributed by atoms with Gasteiger partial charge in [-0.3, -0.25) is 0 Å². The Kier molecular flexibility index (Phi) is 6.97. The summed E-state index contributed by atoms with van der Waals surface area (Å²) in [5.74, 6) is 0.991. The van der Waals surface area contributed by atoms with E-state index in [1.807, 2.05) is 0 Å². The van der Waals surface area contributed by atoms with E-state index in [0.717, 1.165) is 37.8 Å². The first-order valence-electron chi connectivity index (χ1n) is 9.34. The molecule has 1 saturated heterocycles. The Balaban J connectivity index is 1.78. The van der Waals surface area contributed by atoms with Crippen LogP contribution in [0.1, 0.15) is 71.6 Å². The molecule has 0 radical (unpaired) electrons. The highest BCUT2D eigenvalue weighted by molar-refractivity contribution is 4.90. The molecule has 2 N–H and O–H groups in total. The first-order valence-corrected chi connectivity index (χ1v) is 9.34. The molecule has 3 heteroatoms. The molecule has 3 atom stereocenters. The Morgan fingerprint density at radius 1 is 1.19 bits per heavy atom. The van der Waals surface area contributed by atoms with E-state index in [2.05, 4.69) is 24.1 Å². The molecule has 2 rings (SSSR count). The van der Waals surface area contributed by atoms with Crippen LogP contribution in [-0.4, -0.2) is 47.8 Å². The molecule has 1 saturated carbocycles. The van der Waals surface area contributed by atoms with Gasteiger partial charge in [-0.25, -0.2) is 0 Å². The lowest BCUT2D eigenvalue weighted by molar-refractivity contribution is 0.0977. The summed E-state index contributed by atoms with van der Waals surface area (Å²) in [5.41, 5.74) is -0.0408. The summed E-state index contributed by atoms with van der Waals surface area (Å²) in [7, 11) is 0. The molecule has 0 spiro atoms. The van der Waals surface area contributed by atoms with Crippen molar-refractivity contribution in [2.75, 3.05) is 26.2 Å². The van der Waals surface area contributed by atoms with Gasteiger partial charge in [-0.2, -0.15) is 0 Å². The van der Waals surface area contributed by atoms with Gasteiger partial charge in [-0.1, -0.05) is 20.3 Å². The van der Waals surface area contributed by atoms with Gasteiger partial charge < -0.3 is 15.3 Å². The lowest BCUT2D eigenvalue weighted by Crippen LogP contribution is -2.49. The third-order valence-electron chi connectivity index (χ3n) is 5.94. The standard InChI is InChI=1S/C18H36N2O/c1-3-12-19-18(4-2,15-21)11-7-14-20-13-6-9-16-8-5-10-17(16)20/h16-17,19,21H,3-15H2,1-2H3. The minimum Gasteiger partial charge on any atom is -0.394 e. The van der Waals surface area contributed by atoms with E-state index in [1.165, 1.54) is 51.6 Å². The van der Waals surface area contributed by atoms with Crippen LogP contribution in [0.4, 0.5) is 0 Å². The van der Waals surface area contributed by atoms with E-state index in [0.29, 0.717) is 0 Å². The fourth-order valence-electron chi connectivity index (χ4n) is 4.48. The molecule has 0 bridgehead atoms. The number of aliphatic hydroxyl groups excluding tert-OH is 1. The van der Waals surface area contributed by atoms with Crippen molar-refractivity contribution in [2.24, 2.45) is 5.92 Å². The minimum atomic E-state index is -0.0408. The first-order chi connectivity index (χ1) is 10.2. The van der Waals surface area contributed by atoms with Crippen LogP contribution in [0.15, 0.2) is 0 Å². The summed E-state index contributed by atoms with van der Waals surface area (Å²) in [6.45, 7) is 8.22. The predicted molar refractivity (Wildman–Crippen MR) is 89.6 cm³/mol. The minimum absolute atomic E-state index is 0.0408. The molecule has 0 amide bonds. The molecule has 1 aliphatic heterocycles. The molecular formula is C18H36N2O. The van der Waals surface area contributed by atoms with Crippen LogP contribution < -0.4 is 5.32 Å². The van der Waals surface area contributed by atoms with Crippen molar-refractivity contribution in [2.45, 2.75) is 83.2 Å². The van der Waals surface area contributed by atoms with E-state index in [9.17, 15) is 5.11 Å². The van der Waals surface area contributed by atoms with Crippen molar-refractivity contribution >= 4 is 0 Å². The zero-order valence-corrected chi connectivity index (χ0v) is 14.2. The maximum atomic E-state index is 9.81. The summed E-state index contributed by atoms with van der Waals surface area (Å²) in [6.07, 6.45) is 11.7. The number of rotatable bonds is 9. The van der Waals surface area contributed by atoms with Gasteiger partial charge in [0.15, 0.2) is 0 Å². The molecule has 0 aromatic rings. The van der Waals surface area contributed by atoms with Gasteiger partial charge in [0.1, 0.15) is 0 Å². The van der Waals surface area contributed by atoms with Crippen molar-refractivity contribution in [1.29, 1.82) is 0 Å². The molecule has 1 aliphatic carbocycles. The lowest BCUT2D eigenvalue weighted by atomic mass is 9.89. The van der Waals surface area contributed by atoms with Crippen LogP contribution in [0.25, 0.3) is 0 Å². The van der Waals surface area contributed by atoms with Crippen molar-refractivity contribution in [3.8, 4) is 0 Å². The smallest absolute Gasteiger partial charge is 0.0613 e. The van der Waals surface area contributed by atoms with Crippen LogP contribution in [0.5, 0.6) is 0 Å². The number of hydrogen-bond donors (Lipinski definition) is 2. The van der Waals surface area contributed by atoms with Crippen molar-refractivity contribution in [1.82, 2.24) is 10.2 Å². The molecule has 21 heavy (non-hydrogen) atoms. The van der Waals surface area contributed by atoms with Crippen LogP contribution in [0.3, 0.4) is 0 Å². The maximum Gasteiger partial charge on any atom is 0.0613 e. The monoisotopic (exact) mass is 296 g/mol. The fraction of sp³-hybridized carbons (Fsp3) is 1.00. The van der Waals surface area contributed by atoms with E-state index >= 15 is 0 Å². The van der Waals surface area contributed by atoms with Gasteiger partial charge in [-0.05, 0) is 76.9 Å². The third-order valence-corrected chi connectivity index (χ3v) is 5.94. The first kappa shape index (κ1) is 17.2. The second kappa shape index (κ2) is 8.50. The van der Waals surface area contributed by atoms with E-state index in [4.69, 9.17) is 0 Å². The van der Waals surface area contributed by atoms with Gasteiger partial charge in [0, 0.05) is 11.6 Å². The molecule has 3 unspecified atom stereocenters. The largest absolute Gasteiger partial charge is 0.394 e. The molecule has 1 heterocycles. The summed E-state index contributed by atoms with van der Waals surface area (Å²) < 4.78 is 0. The van der Waals surface area contributed by atoms with Crippen LogP contribution in [0.2, 0.25) is 0 Å². The van der Waals surface area contributed by atoms with Gasteiger partial charge in [0.05, 0.1) is 6.61 Å². The second-order valence-electron chi connectivity index (χ2n) is 7.26. The zero-order valence-electron chi connectivity index (χ0n) is 14.2. The van der Waals surface area contributed by atoms with Crippen LogP contribution in [-0.2, 0) is 0 Å². The maximum absolute atomic E-state index is 9.81. The second-order valence-corrected chi connectivity index (χ2v) is 7.26. The molecule has 2 fully saturated rings. The highest BCUT2D eigenvalue weighted by Gasteiger charge is 2.35. The van der Waals surface area contributed by atoms with Gasteiger partial charge in [-0.15, -0.1) is 0 Å². The summed E-state index contributed by atoms with van der Waals surface area (Å²) in [5, 5.41) is 13.4. The molecular weight excluding hydrogens is 260 g/mol. The number of likely N-dealkylation sites (tertiary alicyclic amines) is 1. The third kappa shape index (κ3) is 4.43. The predicted octanol–water partition coefficient (Wildman–Crippen LogP) is 3.17. The number of aliphatic hydroxyl groups is 1. The van der Waals surface area contributed by atoms with Crippen LogP contribution >= 0.6 is 0 Å². The highest BCUT2D eigenvalue weighted by atomic mass is 16.3. The number of nitrogens with zero attached hydrogens (tertiary/aromatic N) is 1. The highest BCUT2D eigenvalue weighted by Crippen LogP contribution is 2.36. The fourth-order valence-corrected chi connectivity index (χ4v) is 4.48. The molecule has 0 aromatic carbocycles. The average Bonchev–Trinajstić information content (AvgIpc) is 3.00. The van der Waals surface area contributed by atoms with Gasteiger partial charge in [0.2, 0.25) is 0 Å². The Morgan fingerprint density at radius 3 is 2.71 bits per heavy atom. The normalized spacial score (nSPS) is 29.3. The Bertz CT molecular complexity index is 291. The Hall–Kier alpha value is -0.120. The van der Waals surface area contributed by atoms with Crippen molar-refractivity contribution in [3.05, 3.63) is 0 Å². The molecule has 0 aromatic heterocycles. The van der Waals surface area contributed by atoms with E-state index in [-0.39, 0.29) is 12.1 Å². The molecule has 124 valence electrons. The quantitative estimate of drug-likeness (QED) is 0.686. The van der Waals surface area contributed by atoms with Gasteiger partial charge >= 0.3 is 0 Å². The summed E-state index contributed by atoms with van der Waals surface area (Å²) in [4.78, 5) is 2.76.